The third-order valence-electron chi connectivity index (χ3n) is 4.12. The first-order valence-electron chi connectivity index (χ1n) is 9.48. The van der Waals surface area contributed by atoms with Gasteiger partial charge in [-0.15, -0.1) is 0 Å². The van der Waals surface area contributed by atoms with E-state index >= 15 is 0 Å². The van der Waals surface area contributed by atoms with Crippen molar-refractivity contribution in [3.63, 3.8) is 0 Å². The predicted octanol–water partition coefficient (Wildman–Crippen LogP) is 3.77. The van der Waals surface area contributed by atoms with E-state index in [4.69, 9.17) is 25.5 Å². The largest absolute Gasteiger partial charge is 0.488 e. The molecule has 0 saturated carbocycles. The van der Waals surface area contributed by atoms with E-state index in [1.54, 1.807) is 36.1 Å². The number of amides is 1. The van der Waals surface area contributed by atoms with Gasteiger partial charge in [-0.05, 0) is 31.5 Å². The predicted molar refractivity (Wildman–Crippen MR) is 114 cm³/mol. The van der Waals surface area contributed by atoms with Crippen LogP contribution in [-0.2, 0) is 11.3 Å². The molecule has 1 aromatic carbocycles. The van der Waals surface area contributed by atoms with Crippen LogP contribution in [0.2, 0.25) is 5.02 Å². The zero-order valence-corrected chi connectivity index (χ0v) is 18.2. The van der Waals surface area contributed by atoms with E-state index in [9.17, 15) is 8.68 Å². The average Bonchev–Trinajstić information content (AvgIpc) is 3.47. The molecule has 2 heterocycles. The normalized spacial score (nSPS) is 12.0. The number of nitrogens with zero attached hydrogens (tertiary/aromatic N) is 4. The fraction of sp³-hybridized carbons (Fsp3) is 0.368. The first-order chi connectivity index (χ1) is 15.1. The minimum Gasteiger partial charge on any atom is -0.488 e. The van der Waals surface area contributed by atoms with Crippen LogP contribution in [0, 0.1) is 0 Å². The molecule has 0 fully saturated rings. The van der Waals surface area contributed by atoms with Gasteiger partial charge in [-0.2, -0.15) is 8.98 Å². The summed E-state index contributed by atoms with van der Waals surface area (Å²) in [5, 5.41) is 7.09. The molecule has 0 aliphatic rings. The van der Waals surface area contributed by atoms with Crippen molar-refractivity contribution in [1.82, 2.24) is 25.1 Å². The van der Waals surface area contributed by atoms with Gasteiger partial charge in [0, 0.05) is 25.3 Å². The topological polar surface area (TPSA) is 104 Å². The fourth-order valence-electron chi connectivity index (χ4n) is 2.69. The Morgan fingerprint density at radius 2 is 2.32 bits per heavy atom. The summed E-state index contributed by atoms with van der Waals surface area (Å²) in [5.41, 5.74) is -0.0329. The number of rotatable bonds is 12. The van der Waals surface area contributed by atoms with Crippen molar-refractivity contribution < 1.29 is 22.6 Å². The summed E-state index contributed by atoms with van der Waals surface area (Å²) in [6.45, 7) is 3.21. The van der Waals surface area contributed by atoms with Crippen molar-refractivity contribution in [2.24, 2.45) is 0 Å². The number of aryl methyl sites for hydroxylation is 1. The number of carbonyl (C=O) groups excluding carboxylic acids is 1. The van der Waals surface area contributed by atoms with Gasteiger partial charge in [0.2, 0.25) is 0 Å². The fourth-order valence-corrected chi connectivity index (χ4v) is 3.23. The van der Waals surface area contributed by atoms with Gasteiger partial charge in [0.05, 0.1) is 17.2 Å². The van der Waals surface area contributed by atoms with Crippen LogP contribution in [0.1, 0.15) is 23.8 Å². The average molecular weight is 470 g/mol. The lowest BCUT2D eigenvalue weighted by Gasteiger charge is -2.14. The minimum atomic E-state index is -0.741. The Kier molecular flexibility index (Phi) is 8.68. The molecule has 3 rings (SSSR count). The summed E-state index contributed by atoms with van der Waals surface area (Å²) in [4.78, 5) is 20.4. The van der Waals surface area contributed by atoms with Crippen molar-refractivity contribution in [1.29, 1.82) is 0 Å². The van der Waals surface area contributed by atoms with E-state index in [1.165, 1.54) is 12.7 Å². The molecule has 0 saturated heterocycles. The van der Waals surface area contributed by atoms with Crippen molar-refractivity contribution in [2.45, 2.75) is 25.3 Å². The Morgan fingerprint density at radius 1 is 1.45 bits per heavy atom. The second-order valence-corrected chi connectivity index (χ2v) is 7.34. The molecular weight excluding hydrogens is 449 g/mol. The molecule has 166 valence electrons. The highest BCUT2D eigenvalue weighted by molar-refractivity contribution is 7.94. The van der Waals surface area contributed by atoms with E-state index in [0.717, 1.165) is 0 Å². The van der Waals surface area contributed by atoms with E-state index in [0.29, 0.717) is 37.4 Å². The number of carbonyl (C=O) groups is 1. The Morgan fingerprint density at radius 3 is 3.03 bits per heavy atom. The zero-order valence-electron chi connectivity index (χ0n) is 16.7. The second-order valence-electron chi connectivity index (χ2n) is 6.23. The number of benzene rings is 1. The molecule has 1 unspecified atom stereocenters. The molecular formula is C19H21ClFN5O4S. The number of oxazole rings is 1. The van der Waals surface area contributed by atoms with Crippen LogP contribution in [0.5, 0.6) is 5.75 Å². The number of aromatic nitrogens is 4. The Balaban J connectivity index is 1.59. The van der Waals surface area contributed by atoms with Crippen LogP contribution in [0.4, 0.5) is 3.89 Å². The van der Waals surface area contributed by atoms with E-state index in [1.807, 2.05) is 0 Å². The standard InChI is InChI=1S/C19H21ClFN5O4S/c1-2-28-16(31-21)9-29-15-5-4-13(8-14(15)20)18-17(24-12-30-18)19(27)23-6-3-7-26-11-22-10-25-26/h4-5,8,10-12,16H,2-3,6-7,9H2,1H3,(H,23,27). The molecule has 0 aliphatic carbocycles. The van der Waals surface area contributed by atoms with Gasteiger partial charge in [0.1, 0.15) is 25.0 Å². The molecule has 12 heteroatoms. The third-order valence-corrected chi connectivity index (χ3v) is 4.89. The van der Waals surface area contributed by atoms with Crippen LogP contribution in [0.25, 0.3) is 11.3 Å². The highest BCUT2D eigenvalue weighted by Gasteiger charge is 2.19. The summed E-state index contributed by atoms with van der Waals surface area (Å²) in [7, 11) is 0. The summed E-state index contributed by atoms with van der Waals surface area (Å²) in [6, 6.07) is 4.89. The lowest BCUT2D eigenvalue weighted by molar-refractivity contribution is 0.0838. The Bertz CT molecular complexity index is 972. The van der Waals surface area contributed by atoms with Crippen LogP contribution in [-0.4, -0.2) is 50.9 Å². The molecule has 0 spiro atoms. The Hall–Kier alpha value is -2.63. The third kappa shape index (κ3) is 6.42. The van der Waals surface area contributed by atoms with Gasteiger partial charge in [-0.1, -0.05) is 11.6 Å². The lowest BCUT2D eigenvalue weighted by atomic mass is 10.1. The van der Waals surface area contributed by atoms with E-state index in [-0.39, 0.29) is 41.1 Å². The van der Waals surface area contributed by atoms with Crippen molar-refractivity contribution >= 4 is 29.7 Å². The maximum atomic E-state index is 12.8. The second kappa shape index (κ2) is 11.7. The molecule has 1 atom stereocenters. The molecule has 0 aliphatic heterocycles. The summed E-state index contributed by atoms with van der Waals surface area (Å²) in [6.07, 6.45) is 4.95. The van der Waals surface area contributed by atoms with E-state index < -0.39 is 5.44 Å². The quantitative estimate of drug-likeness (QED) is 0.316. The van der Waals surface area contributed by atoms with Gasteiger partial charge in [0.25, 0.3) is 5.91 Å². The molecule has 1 amide bonds. The van der Waals surface area contributed by atoms with Crippen molar-refractivity contribution in [2.75, 3.05) is 19.8 Å². The maximum absolute atomic E-state index is 12.8. The summed E-state index contributed by atoms with van der Waals surface area (Å²) >= 11 is 6.36. The lowest BCUT2D eigenvalue weighted by Crippen LogP contribution is -2.26. The van der Waals surface area contributed by atoms with Gasteiger partial charge < -0.3 is 19.2 Å². The molecule has 0 radical (unpaired) electrons. The van der Waals surface area contributed by atoms with Crippen molar-refractivity contribution in [3.8, 4) is 17.1 Å². The number of ether oxygens (including phenoxy) is 2. The van der Waals surface area contributed by atoms with Crippen LogP contribution >= 0.6 is 23.7 Å². The summed E-state index contributed by atoms with van der Waals surface area (Å²) in [5.74, 6) is 0.287. The van der Waals surface area contributed by atoms with Crippen molar-refractivity contribution in [3.05, 3.63) is 48.0 Å². The van der Waals surface area contributed by atoms with E-state index in [2.05, 4.69) is 20.4 Å². The number of hydrogen-bond donors (Lipinski definition) is 1. The monoisotopic (exact) mass is 469 g/mol. The van der Waals surface area contributed by atoms with Gasteiger partial charge >= 0.3 is 0 Å². The van der Waals surface area contributed by atoms with Gasteiger partial charge in [-0.25, -0.2) is 9.97 Å². The molecule has 0 bridgehead atoms. The highest BCUT2D eigenvalue weighted by Crippen LogP contribution is 2.32. The molecule has 2 aromatic heterocycles. The molecule has 9 nitrogen and oxygen atoms in total. The minimum absolute atomic E-state index is 0.00136. The molecule has 3 aromatic rings. The van der Waals surface area contributed by atoms with Crippen LogP contribution in [0.3, 0.4) is 0 Å². The van der Waals surface area contributed by atoms with Gasteiger partial charge in [0.15, 0.2) is 23.3 Å². The van der Waals surface area contributed by atoms with Gasteiger partial charge in [-0.3, -0.25) is 9.48 Å². The number of hydrogen-bond acceptors (Lipinski definition) is 8. The SMILES string of the molecule is CCOC(COc1ccc(-c2ocnc2C(=O)NCCCn2cncn2)cc1Cl)SF. The molecule has 1 N–H and O–H groups in total. The summed E-state index contributed by atoms with van der Waals surface area (Å²) < 4.78 is 30.6. The highest BCUT2D eigenvalue weighted by atomic mass is 35.5. The smallest absolute Gasteiger partial charge is 0.273 e. The van der Waals surface area contributed by atoms with Crippen LogP contribution < -0.4 is 10.1 Å². The Labute approximate surface area is 187 Å². The maximum Gasteiger partial charge on any atom is 0.273 e. The van der Waals surface area contributed by atoms with Crippen LogP contribution in [0.15, 0.2) is 41.7 Å². The number of nitrogens with one attached hydrogen (secondary N) is 1. The number of halogens is 2. The first kappa shape index (κ1) is 23.0. The zero-order chi connectivity index (χ0) is 22.1. The molecule has 31 heavy (non-hydrogen) atoms. The first-order valence-corrected chi connectivity index (χ1v) is 10.6.